The van der Waals surface area contributed by atoms with Gasteiger partial charge in [-0.15, -0.1) is 0 Å². The molecule has 2 atom stereocenters. The molecule has 7 heteroatoms. The smallest absolute Gasteiger partial charge is 0.242 e. The van der Waals surface area contributed by atoms with E-state index in [4.69, 9.17) is 4.74 Å². The van der Waals surface area contributed by atoms with Gasteiger partial charge in [0.1, 0.15) is 0 Å². The highest BCUT2D eigenvalue weighted by atomic mass is 16.5. The fourth-order valence-corrected chi connectivity index (χ4v) is 2.21. The molecule has 0 saturated carbocycles. The van der Waals surface area contributed by atoms with Crippen LogP contribution in [0.3, 0.4) is 0 Å². The highest BCUT2D eigenvalue weighted by Crippen LogP contribution is 2.12. The van der Waals surface area contributed by atoms with Crippen molar-refractivity contribution in [3.8, 4) is 0 Å². The van der Waals surface area contributed by atoms with E-state index in [0.29, 0.717) is 19.0 Å². The number of amides is 1. The largest absolute Gasteiger partial charge is 0.394 e. The Morgan fingerprint density at radius 3 is 2.85 bits per heavy atom. The van der Waals surface area contributed by atoms with E-state index < -0.39 is 0 Å². The average molecular weight is 280 g/mol. The molecule has 110 valence electrons. The summed E-state index contributed by atoms with van der Waals surface area (Å²) in [7, 11) is 1.78. The number of morpholine rings is 1. The first-order chi connectivity index (χ1) is 9.60. The highest BCUT2D eigenvalue weighted by Gasteiger charge is 2.28. The van der Waals surface area contributed by atoms with Crippen molar-refractivity contribution in [2.75, 3.05) is 38.2 Å². The predicted molar refractivity (Wildman–Crippen MR) is 73.3 cm³/mol. The predicted octanol–water partition coefficient (Wildman–Crippen LogP) is -0.479. The van der Waals surface area contributed by atoms with E-state index in [9.17, 15) is 9.90 Å². The Morgan fingerprint density at radius 2 is 2.20 bits per heavy atom. The second-order valence-corrected chi connectivity index (χ2v) is 4.95. The zero-order valence-electron chi connectivity index (χ0n) is 11.8. The van der Waals surface area contributed by atoms with E-state index in [1.54, 1.807) is 35.3 Å². The quantitative estimate of drug-likeness (QED) is 0.802. The van der Waals surface area contributed by atoms with Crippen LogP contribution in [0.15, 0.2) is 18.5 Å². The summed E-state index contributed by atoms with van der Waals surface area (Å²) in [5, 5.41) is 9.17. The van der Waals surface area contributed by atoms with Crippen LogP contribution >= 0.6 is 0 Å². The fraction of sp³-hybridized carbons (Fsp3) is 0.615. The van der Waals surface area contributed by atoms with E-state index >= 15 is 0 Å². The van der Waals surface area contributed by atoms with Crippen LogP contribution in [0.1, 0.15) is 6.92 Å². The molecule has 2 heterocycles. The Labute approximate surface area is 118 Å². The summed E-state index contributed by atoms with van der Waals surface area (Å²) in [6.07, 6.45) is 2.91. The summed E-state index contributed by atoms with van der Waals surface area (Å²) in [5.41, 5.74) is 0. The van der Waals surface area contributed by atoms with Crippen molar-refractivity contribution in [2.24, 2.45) is 0 Å². The molecule has 7 nitrogen and oxygen atoms in total. The molecule has 0 bridgehead atoms. The van der Waals surface area contributed by atoms with Crippen LogP contribution in [0.2, 0.25) is 0 Å². The molecule has 2 rings (SSSR count). The summed E-state index contributed by atoms with van der Waals surface area (Å²) in [5.74, 6) is 0.495. The standard InChI is InChI=1S/C13H20N4O3/c1-10-6-17(7-11(9-18)20-10)12(19)8-16(2)13-14-4-3-5-15-13/h3-5,10-11,18H,6-9H2,1-2H3. The molecule has 2 unspecified atom stereocenters. The van der Waals surface area contributed by atoms with Crippen LogP contribution in [0, 0.1) is 0 Å². The zero-order valence-corrected chi connectivity index (χ0v) is 11.8. The third kappa shape index (κ3) is 3.64. The molecule has 1 saturated heterocycles. The number of ether oxygens (including phenoxy) is 1. The number of carbonyl (C=O) groups excluding carboxylic acids is 1. The topological polar surface area (TPSA) is 78.8 Å². The molecule has 1 aliphatic rings. The molecule has 0 radical (unpaired) electrons. The van der Waals surface area contributed by atoms with Crippen LogP contribution in [0.4, 0.5) is 5.95 Å². The number of likely N-dealkylation sites (N-methyl/N-ethyl adjacent to an activating group) is 1. The van der Waals surface area contributed by atoms with E-state index in [2.05, 4.69) is 9.97 Å². The SMILES string of the molecule is CC1CN(C(=O)CN(C)c2ncccn2)CC(CO)O1. The summed E-state index contributed by atoms with van der Waals surface area (Å²) >= 11 is 0. The van der Waals surface area contributed by atoms with Crippen molar-refractivity contribution in [2.45, 2.75) is 19.1 Å². The summed E-state index contributed by atoms with van der Waals surface area (Å²) in [6, 6.07) is 1.73. The maximum absolute atomic E-state index is 12.3. The third-order valence-corrected chi connectivity index (χ3v) is 3.15. The molecule has 20 heavy (non-hydrogen) atoms. The minimum atomic E-state index is -0.305. The van der Waals surface area contributed by atoms with Crippen LogP contribution in [-0.4, -0.2) is 71.4 Å². The molecule has 1 aliphatic heterocycles. The van der Waals surface area contributed by atoms with E-state index in [-0.39, 0.29) is 31.3 Å². The summed E-state index contributed by atoms with van der Waals surface area (Å²) in [6.45, 7) is 2.98. The van der Waals surface area contributed by atoms with Gasteiger partial charge in [0.15, 0.2) is 0 Å². The minimum absolute atomic E-state index is 0.0199. The number of hydrogen-bond donors (Lipinski definition) is 1. The van der Waals surface area contributed by atoms with Gasteiger partial charge in [0.25, 0.3) is 0 Å². The molecular formula is C13H20N4O3. The van der Waals surface area contributed by atoms with Gasteiger partial charge in [-0.1, -0.05) is 0 Å². The van der Waals surface area contributed by atoms with Gasteiger partial charge in [0, 0.05) is 32.5 Å². The first kappa shape index (κ1) is 14.7. The Hall–Kier alpha value is -1.73. The average Bonchev–Trinajstić information content (AvgIpc) is 2.47. The Balaban J connectivity index is 1.94. The first-order valence-corrected chi connectivity index (χ1v) is 6.62. The third-order valence-electron chi connectivity index (χ3n) is 3.15. The van der Waals surface area contributed by atoms with Crippen LogP contribution in [-0.2, 0) is 9.53 Å². The molecular weight excluding hydrogens is 260 g/mol. The normalized spacial score (nSPS) is 22.6. The lowest BCUT2D eigenvalue weighted by molar-refractivity contribution is -0.145. The molecule has 0 spiro atoms. The second-order valence-electron chi connectivity index (χ2n) is 4.95. The Bertz CT molecular complexity index is 443. The molecule has 0 aliphatic carbocycles. The fourth-order valence-electron chi connectivity index (χ4n) is 2.21. The molecule has 1 N–H and O–H groups in total. The number of nitrogens with zero attached hydrogens (tertiary/aromatic N) is 4. The van der Waals surface area contributed by atoms with Crippen LogP contribution in [0.5, 0.6) is 0 Å². The molecule has 1 amide bonds. The summed E-state index contributed by atoms with van der Waals surface area (Å²) in [4.78, 5) is 23.9. The van der Waals surface area contributed by atoms with Crippen LogP contribution < -0.4 is 4.90 Å². The monoisotopic (exact) mass is 280 g/mol. The van der Waals surface area contributed by atoms with Crippen molar-refractivity contribution in [3.63, 3.8) is 0 Å². The van der Waals surface area contributed by atoms with E-state index in [1.165, 1.54) is 0 Å². The van der Waals surface area contributed by atoms with Crippen LogP contribution in [0.25, 0.3) is 0 Å². The number of anilines is 1. The Morgan fingerprint density at radius 1 is 1.50 bits per heavy atom. The first-order valence-electron chi connectivity index (χ1n) is 6.62. The lowest BCUT2D eigenvalue weighted by Crippen LogP contribution is -2.52. The van der Waals surface area contributed by atoms with Crippen molar-refractivity contribution in [1.29, 1.82) is 0 Å². The van der Waals surface area contributed by atoms with Gasteiger partial charge in [-0.3, -0.25) is 4.79 Å². The number of aromatic nitrogens is 2. The van der Waals surface area contributed by atoms with Gasteiger partial charge < -0.3 is 19.6 Å². The van der Waals surface area contributed by atoms with Gasteiger partial charge in [-0.25, -0.2) is 9.97 Å². The van der Waals surface area contributed by atoms with Gasteiger partial charge in [-0.2, -0.15) is 0 Å². The summed E-state index contributed by atoms with van der Waals surface area (Å²) < 4.78 is 5.52. The lowest BCUT2D eigenvalue weighted by Gasteiger charge is -2.36. The maximum Gasteiger partial charge on any atom is 0.242 e. The van der Waals surface area contributed by atoms with Gasteiger partial charge >= 0.3 is 0 Å². The van der Waals surface area contributed by atoms with Gasteiger partial charge in [0.05, 0.1) is 25.4 Å². The van der Waals surface area contributed by atoms with E-state index in [0.717, 1.165) is 0 Å². The molecule has 1 aromatic heterocycles. The molecule has 1 aromatic rings. The minimum Gasteiger partial charge on any atom is -0.394 e. The number of carbonyl (C=O) groups is 1. The lowest BCUT2D eigenvalue weighted by atomic mass is 10.2. The Kier molecular flexibility index (Phi) is 4.86. The van der Waals surface area contributed by atoms with Gasteiger partial charge in [0.2, 0.25) is 11.9 Å². The van der Waals surface area contributed by atoms with E-state index in [1.807, 2.05) is 6.92 Å². The molecule has 1 fully saturated rings. The number of aliphatic hydroxyl groups excluding tert-OH is 1. The van der Waals surface area contributed by atoms with Crippen molar-refractivity contribution >= 4 is 11.9 Å². The highest BCUT2D eigenvalue weighted by molar-refractivity contribution is 5.81. The second kappa shape index (κ2) is 6.62. The van der Waals surface area contributed by atoms with Gasteiger partial charge in [-0.05, 0) is 13.0 Å². The molecule has 0 aromatic carbocycles. The van der Waals surface area contributed by atoms with Crippen molar-refractivity contribution in [1.82, 2.24) is 14.9 Å². The van der Waals surface area contributed by atoms with Crippen molar-refractivity contribution < 1.29 is 14.6 Å². The maximum atomic E-state index is 12.3. The van der Waals surface area contributed by atoms with Crippen molar-refractivity contribution in [3.05, 3.63) is 18.5 Å². The number of aliphatic hydroxyl groups is 1. The number of rotatable bonds is 4. The zero-order chi connectivity index (χ0) is 14.5. The number of hydrogen-bond acceptors (Lipinski definition) is 6.